The van der Waals surface area contributed by atoms with Crippen LogP contribution in [0.3, 0.4) is 0 Å². The van der Waals surface area contributed by atoms with Crippen LogP contribution in [-0.2, 0) is 86.2 Å². The summed E-state index contributed by atoms with van der Waals surface area (Å²) in [5, 5.41) is 15.7. The zero-order valence-corrected chi connectivity index (χ0v) is 81.9. The lowest BCUT2D eigenvalue weighted by atomic mass is 10.2. The van der Waals surface area contributed by atoms with E-state index in [9.17, 15) is 67.2 Å². The lowest BCUT2D eigenvalue weighted by Gasteiger charge is -2.07. The van der Waals surface area contributed by atoms with Crippen LogP contribution in [0.5, 0.6) is 34.5 Å². The molecule has 0 aliphatic heterocycles. The van der Waals surface area contributed by atoms with E-state index in [4.69, 9.17) is 57.4 Å². The second-order valence-electron chi connectivity index (χ2n) is 29.0. The molecule has 0 aliphatic rings. The van der Waals surface area contributed by atoms with Gasteiger partial charge in [-0.3, -0.25) is 43.7 Å². The maximum Gasteiger partial charge on any atom is 0.349 e. The number of primary amides is 1. The number of nitro benzene ring substituents is 1. The third kappa shape index (κ3) is 43.2. The van der Waals surface area contributed by atoms with Crippen molar-refractivity contribution in [2.24, 2.45) is 5.73 Å². The van der Waals surface area contributed by atoms with Crippen LogP contribution in [0.1, 0.15) is 171 Å². The third-order valence-electron chi connectivity index (χ3n) is 18.0. The van der Waals surface area contributed by atoms with Crippen molar-refractivity contribution in [2.75, 3.05) is 68.1 Å². The van der Waals surface area contributed by atoms with Crippen LogP contribution >= 0.6 is 91.2 Å². The average molecular weight is 2020 g/mol. The number of ketones is 6. The van der Waals surface area contributed by atoms with Gasteiger partial charge < -0.3 is 53.1 Å². The van der Waals surface area contributed by atoms with Crippen LogP contribution in [0.4, 0.5) is 10.1 Å². The topological polar surface area (TPSA) is 427 Å². The van der Waals surface area contributed by atoms with E-state index >= 15 is 0 Å². The Morgan fingerprint density at radius 3 is 1.03 bits per heavy atom. The molecule has 0 radical (unpaired) electrons. The number of hydrogen-bond donors (Lipinski definition) is 1. The summed E-state index contributed by atoms with van der Waals surface area (Å²) in [4.78, 5) is 165. The number of nitrogens with zero attached hydrogens (tertiary/aromatic N) is 7. The standard InChI is InChI=1S/2C17H19NO4S.C16H15Cl2NO4S.C16H17NO4S.C15H15FN2O3S.C15H16N2O4S/c1-12-5-3-7-14(9-12)22-8-4-6-13(19)10-16-18-11-15(23-16)17(20)21-2;1-12-5-7-14(8-6-12)22-9-3-4-13(19)10-16-18-11-15(23-16)17(20)21-2;1-22-16(21)14-9-19-15(24-14)8-11(20)3-2-6-23-13-5-4-10(17)7-12(13)18;1-20-16(19)14-11-17-15(22-14)10-12(18)6-5-9-21-13-7-3-2-4-8-13;16-10-3-5-12(6-4-10)21-7-1-2-11(19)8-14-18-9-13(22-14)15(17)20;1-11-10-16-15(22-11)9-12(18)5-4-8-21-14-7-3-2-6-13(14)17(19)20/h3,5,7,9,11H,4,6,8,10H2,1-2H3;5-8,11H,3-4,9-10H2,1-2H3;4-5,7,9H,2-3,6,8H2,1H3;2-4,7-8,11H,5-6,9-10H2,1H3;3-6,9H,1-2,7-8H2,(H2,17,20);2-3,6-7,10H,4-5,8-9H2,1H3. The summed E-state index contributed by atoms with van der Waals surface area (Å²) in [6.07, 6.45) is 16.3. The molecule has 720 valence electrons. The molecule has 1 amide bonds. The van der Waals surface area contributed by atoms with Gasteiger partial charge in [0.15, 0.2) is 5.75 Å². The number of aryl methyl sites for hydroxylation is 3. The molecule has 6 aromatic carbocycles. The first kappa shape index (κ1) is 110. The molecular formula is C96H101Cl2FN8O23S6. The van der Waals surface area contributed by atoms with E-state index in [-0.39, 0.29) is 90.7 Å². The van der Waals surface area contributed by atoms with Crippen LogP contribution in [0.15, 0.2) is 183 Å². The molecule has 0 aliphatic carbocycles. The predicted octanol–water partition coefficient (Wildman–Crippen LogP) is 19.2. The molecule has 0 unspecified atom stereocenters. The summed E-state index contributed by atoms with van der Waals surface area (Å²) in [5.74, 6) is 1.61. The number of para-hydroxylation sites is 3. The summed E-state index contributed by atoms with van der Waals surface area (Å²) < 4.78 is 64.2. The Kier molecular flexibility index (Phi) is 49.6. The molecule has 12 rings (SSSR count). The number of nitrogens with two attached hydrogens (primary N) is 1. The number of Topliss-reactive ketones (excluding diaryl/α,β-unsaturated/α-hetero) is 6. The molecule has 0 saturated carbocycles. The monoisotopic (exact) mass is 2010 g/mol. The Hall–Kier alpha value is -12.8. The van der Waals surface area contributed by atoms with Crippen LogP contribution < -0.4 is 34.2 Å². The highest BCUT2D eigenvalue weighted by molar-refractivity contribution is 7.15. The SMILES string of the molecule is COC(=O)c1cnc(CC(=O)CCCOc2ccc(C)cc2)s1.COC(=O)c1cnc(CC(=O)CCCOc2ccc(Cl)cc2Cl)s1.COC(=O)c1cnc(CC(=O)CCCOc2cccc(C)c2)s1.COC(=O)c1cnc(CC(=O)CCCOc2ccccc2)s1.Cc1cnc(CC(=O)CCCOc2ccccc2[N+](=O)[O-])s1.NC(=O)c1cnc(CC(=O)CCCOc2ccc(F)cc2)s1. The minimum absolute atomic E-state index is 0.0214. The number of hydrogen-bond acceptors (Lipinski definition) is 35. The molecule has 0 atom stereocenters. The molecule has 40 heteroatoms. The fourth-order valence-corrected chi connectivity index (χ4v) is 16.9. The number of benzene rings is 6. The highest BCUT2D eigenvalue weighted by Crippen LogP contribution is 2.30. The van der Waals surface area contributed by atoms with Crippen molar-refractivity contribution in [2.45, 2.75) is 136 Å². The zero-order chi connectivity index (χ0) is 98.5. The van der Waals surface area contributed by atoms with Crippen molar-refractivity contribution in [1.29, 1.82) is 0 Å². The second-order valence-corrected chi connectivity index (χ2v) is 36.7. The van der Waals surface area contributed by atoms with Gasteiger partial charge in [-0.05, 0) is 150 Å². The first-order chi connectivity index (χ1) is 65.4. The van der Waals surface area contributed by atoms with Gasteiger partial charge in [0.2, 0.25) is 0 Å². The van der Waals surface area contributed by atoms with E-state index in [1.807, 2.05) is 99.6 Å². The van der Waals surface area contributed by atoms with Crippen molar-refractivity contribution in [1.82, 2.24) is 29.9 Å². The second kappa shape index (κ2) is 61.2. The van der Waals surface area contributed by atoms with Gasteiger partial charge in [0, 0.05) is 60.7 Å². The number of carbonyl (C=O) groups is 11. The lowest BCUT2D eigenvalue weighted by molar-refractivity contribution is -0.385. The normalized spacial score (nSPS) is 10.4. The fourth-order valence-electron chi connectivity index (χ4n) is 11.3. The Balaban J connectivity index is 0.000000222. The number of ether oxygens (including phenoxy) is 10. The summed E-state index contributed by atoms with van der Waals surface area (Å²) in [6.45, 7) is 8.50. The first-order valence-corrected chi connectivity index (χ1v) is 47.9. The number of amides is 1. The van der Waals surface area contributed by atoms with Gasteiger partial charge in [0.05, 0.1) is 148 Å². The maximum atomic E-state index is 12.7. The van der Waals surface area contributed by atoms with Gasteiger partial charge in [-0.2, -0.15) is 0 Å². The van der Waals surface area contributed by atoms with Crippen LogP contribution in [0.25, 0.3) is 0 Å². The minimum Gasteiger partial charge on any atom is -0.494 e. The van der Waals surface area contributed by atoms with Crippen molar-refractivity contribution >= 4 is 161 Å². The molecular weight excluding hydrogens is 1920 g/mol. The van der Waals surface area contributed by atoms with Crippen molar-refractivity contribution in [3.63, 3.8) is 0 Å². The molecule has 6 aromatic heterocycles. The number of nitro groups is 1. The number of thiazole rings is 6. The average Bonchev–Trinajstić information content (AvgIpc) is 1.39. The molecule has 12 aromatic rings. The van der Waals surface area contributed by atoms with E-state index in [0.717, 1.165) is 44.0 Å². The van der Waals surface area contributed by atoms with Crippen molar-refractivity contribution in [3.8, 4) is 34.5 Å². The van der Waals surface area contributed by atoms with Crippen molar-refractivity contribution < 1.29 is 109 Å². The molecule has 0 saturated heterocycles. The largest absolute Gasteiger partial charge is 0.494 e. The van der Waals surface area contributed by atoms with Gasteiger partial charge in [0.1, 0.15) is 124 Å². The van der Waals surface area contributed by atoms with Gasteiger partial charge in [-0.25, -0.2) is 53.5 Å². The van der Waals surface area contributed by atoms with E-state index < -0.39 is 34.7 Å². The molecule has 0 fully saturated rings. The zero-order valence-electron chi connectivity index (χ0n) is 75.5. The summed E-state index contributed by atoms with van der Waals surface area (Å²) in [7, 11) is 5.27. The van der Waals surface area contributed by atoms with E-state index in [2.05, 4.69) is 48.9 Å². The van der Waals surface area contributed by atoms with Gasteiger partial charge in [-0.15, -0.1) is 68.0 Å². The first-order valence-electron chi connectivity index (χ1n) is 42.2. The predicted molar refractivity (Wildman–Crippen MR) is 517 cm³/mol. The molecule has 6 heterocycles. The van der Waals surface area contributed by atoms with Crippen LogP contribution in [0, 0.1) is 36.7 Å². The quantitative estimate of drug-likeness (QED) is 0.0122. The number of carbonyl (C=O) groups excluding carboxylic acids is 11. The molecule has 0 spiro atoms. The smallest absolute Gasteiger partial charge is 0.349 e. The summed E-state index contributed by atoms with van der Waals surface area (Å²) >= 11 is 19.2. The number of esters is 4. The Labute approximate surface area is 818 Å². The fraction of sp³-hybridized carbons (Fsp3) is 0.323. The van der Waals surface area contributed by atoms with Crippen LogP contribution in [-0.4, -0.2) is 167 Å². The number of methoxy groups -OCH3 is 4. The van der Waals surface area contributed by atoms with Gasteiger partial charge in [0.25, 0.3) is 5.91 Å². The number of rotatable bonds is 48. The molecule has 31 nitrogen and oxygen atoms in total. The molecule has 0 bridgehead atoms. The van der Waals surface area contributed by atoms with E-state index in [1.165, 1.54) is 152 Å². The summed E-state index contributed by atoms with van der Waals surface area (Å²) in [5.41, 5.74) is 7.39. The van der Waals surface area contributed by atoms with Crippen molar-refractivity contribution in [3.05, 3.63) is 279 Å². The number of aromatic nitrogens is 6. The molecule has 136 heavy (non-hydrogen) atoms. The van der Waals surface area contributed by atoms with Gasteiger partial charge in [-0.1, -0.05) is 83.4 Å². The van der Waals surface area contributed by atoms with E-state index in [0.29, 0.717) is 187 Å². The highest BCUT2D eigenvalue weighted by Gasteiger charge is 2.21. The Bertz CT molecular complexity index is 5850. The highest BCUT2D eigenvalue weighted by atomic mass is 35.5. The van der Waals surface area contributed by atoms with E-state index in [1.54, 1.807) is 42.6 Å². The molecule has 2 N–H and O–H groups in total. The summed E-state index contributed by atoms with van der Waals surface area (Å²) in [6, 6.07) is 42.0. The Morgan fingerprint density at radius 1 is 0.353 bits per heavy atom. The van der Waals surface area contributed by atoms with Gasteiger partial charge >= 0.3 is 29.6 Å². The minimum atomic E-state index is -0.538. The third-order valence-corrected chi connectivity index (χ3v) is 24.4. The van der Waals surface area contributed by atoms with Crippen LogP contribution in [0.2, 0.25) is 10.0 Å². The maximum absolute atomic E-state index is 12.7. The Morgan fingerprint density at radius 2 is 0.676 bits per heavy atom. The lowest BCUT2D eigenvalue weighted by Crippen LogP contribution is -2.08. The number of halogens is 3.